The van der Waals surface area contributed by atoms with Gasteiger partial charge in [0.25, 0.3) is 5.91 Å². The molecule has 2 aliphatic rings. The molecule has 2 aliphatic heterocycles. The van der Waals surface area contributed by atoms with Crippen molar-refractivity contribution in [2.75, 3.05) is 33.3 Å². The molecule has 5 heteroatoms. The minimum absolute atomic E-state index is 0.0556. The van der Waals surface area contributed by atoms with Crippen molar-refractivity contribution in [3.05, 3.63) is 35.4 Å². The number of amides is 2. The second kappa shape index (κ2) is 7.79. The molecule has 0 N–H and O–H groups in total. The molecule has 0 atom stereocenters. The van der Waals surface area contributed by atoms with Crippen molar-refractivity contribution < 1.29 is 14.3 Å². The van der Waals surface area contributed by atoms with E-state index >= 15 is 0 Å². The maximum absolute atomic E-state index is 12.7. The molecule has 2 heterocycles. The molecule has 130 valence electrons. The van der Waals surface area contributed by atoms with Gasteiger partial charge in [-0.3, -0.25) is 9.59 Å². The zero-order valence-corrected chi connectivity index (χ0v) is 14.4. The zero-order valence-electron chi connectivity index (χ0n) is 14.4. The summed E-state index contributed by atoms with van der Waals surface area (Å²) in [5, 5.41) is 0. The number of hydrogen-bond acceptors (Lipinski definition) is 3. The number of piperidine rings is 1. The van der Waals surface area contributed by atoms with Crippen molar-refractivity contribution >= 4 is 11.8 Å². The van der Waals surface area contributed by atoms with Crippen LogP contribution in [0.3, 0.4) is 0 Å². The van der Waals surface area contributed by atoms with Crippen molar-refractivity contribution in [1.82, 2.24) is 9.80 Å². The summed E-state index contributed by atoms with van der Waals surface area (Å²) in [4.78, 5) is 29.0. The first-order valence-corrected chi connectivity index (χ1v) is 8.85. The third-order valence-electron chi connectivity index (χ3n) is 5.03. The summed E-state index contributed by atoms with van der Waals surface area (Å²) >= 11 is 0. The van der Waals surface area contributed by atoms with Gasteiger partial charge in [0.15, 0.2) is 0 Å². The minimum Gasteiger partial charge on any atom is -0.380 e. The Morgan fingerprint density at radius 2 is 1.79 bits per heavy atom. The Bertz CT molecular complexity index is 588. The molecular weight excluding hydrogens is 304 g/mol. The number of hydrogen-bond donors (Lipinski definition) is 0. The summed E-state index contributed by atoms with van der Waals surface area (Å²) in [7, 11) is 1.65. The third kappa shape index (κ3) is 3.78. The van der Waals surface area contributed by atoms with Crippen molar-refractivity contribution in [1.29, 1.82) is 0 Å². The number of methoxy groups -OCH3 is 1. The topological polar surface area (TPSA) is 49.9 Å². The van der Waals surface area contributed by atoms with Crippen molar-refractivity contribution in [3.63, 3.8) is 0 Å². The van der Waals surface area contributed by atoms with Crippen LogP contribution in [0.4, 0.5) is 0 Å². The Kier molecular flexibility index (Phi) is 5.51. The van der Waals surface area contributed by atoms with Crippen LogP contribution in [-0.4, -0.2) is 54.9 Å². The molecule has 1 aromatic rings. The SMILES string of the molecule is COCc1cccc(C(=O)N2CCC(C(=O)N3CCCC3)CC2)c1. The van der Waals surface area contributed by atoms with Crippen LogP contribution in [0.15, 0.2) is 24.3 Å². The van der Waals surface area contributed by atoms with Crippen molar-refractivity contribution in [2.45, 2.75) is 32.3 Å². The fourth-order valence-electron chi connectivity index (χ4n) is 3.67. The number of ether oxygens (including phenoxy) is 1. The molecule has 0 radical (unpaired) electrons. The van der Waals surface area contributed by atoms with E-state index < -0.39 is 0 Å². The van der Waals surface area contributed by atoms with Gasteiger partial charge >= 0.3 is 0 Å². The van der Waals surface area contributed by atoms with Gasteiger partial charge < -0.3 is 14.5 Å². The first kappa shape index (κ1) is 17.0. The predicted molar refractivity (Wildman–Crippen MR) is 91.6 cm³/mol. The van der Waals surface area contributed by atoms with E-state index in [1.807, 2.05) is 34.1 Å². The molecule has 0 saturated carbocycles. The third-order valence-corrected chi connectivity index (χ3v) is 5.03. The maximum atomic E-state index is 12.7. The molecule has 2 amide bonds. The molecule has 0 bridgehead atoms. The molecule has 0 unspecified atom stereocenters. The Balaban J connectivity index is 1.56. The summed E-state index contributed by atoms with van der Waals surface area (Å²) in [5.74, 6) is 0.439. The van der Waals surface area contributed by atoms with E-state index in [1.54, 1.807) is 7.11 Å². The van der Waals surface area contributed by atoms with Gasteiger partial charge in [-0.05, 0) is 43.4 Å². The number of carbonyl (C=O) groups is 2. The number of nitrogens with zero attached hydrogens (tertiary/aromatic N) is 2. The lowest BCUT2D eigenvalue weighted by Gasteiger charge is -2.33. The summed E-state index contributed by atoms with van der Waals surface area (Å²) in [5.41, 5.74) is 1.70. The summed E-state index contributed by atoms with van der Waals surface area (Å²) in [6.07, 6.45) is 3.81. The first-order valence-electron chi connectivity index (χ1n) is 8.85. The Morgan fingerprint density at radius 1 is 1.08 bits per heavy atom. The van der Waals surface area contributed by atoms with Crippen LogP contribution in [0.1, 0.15) is 41.6 Å². The van der Waals surface area contributed by atoms with Gasteiger partial charge in [-0.1, -0.05) is 12.1 Å². The minimum atomic E-state index is 0.0556. The van der Waals surface area contributed by atoms with Crippen molar-refractivity contribution in [3.8, 4) is 0 Å². The zero-order chi connectivity index (χ0) is 16.9. The smallest absolute Gasteiger partial charge is 0.253 e. The quantitative estimate of drug-likeness (QED) is 0.851. The molecule has 0 aliphatic carbocycles. The Morgan fingerprint density at radius 3 is 2.46 bits per heavy atom. The highest BCUT2D eigenvalue weighted by atomic mass is 16.5. The van der Waals surface area contributed by atoms with E-state index in [-0.39, 0.29) is 11.8 Å². The number of benzene rings is 1. The Labute approximate surface area is 143 Å². The predicted octanol–water partition coefficient (Wildman–Crippen LogP) is 2.31. The maximum Gasteiger partial charge on any atom is 0.253 e. The lowest BCUT2D eigenvalue weighted by Crippen LogP contribution is -2.43. The fraction of sp³-hybridized carbons (Fsp3) is 0.579. The molecule has 3 rings (SSSR count). The van der Waals surface area contributed by atoms with Crippen LogP contribution in [0.5, 0.6) is 0 Å². The second-order valence-electron chi connectivity index (χ2n) is 6.73. The van der Waals surface area contributed by atoms with Crippen LogP contribution in [0.2, 0.25) is 0 Å². The van der Waals surface area contributed by atoms with E-state index in [2.05, 4.69) is 0 Å². The summed E-state index contributed by atoms with van der Waals surface area (Å²) in [6.45, 7) is 3.65. The van der Waals surface area contributed by atoms with E-state index in [1.165, 1.54) is 0 Å². The van der Waals surface area contributed by atoms with Gasteiger partial charge in [0.1, 0.15) is 0 Å². The van der Waals surface area contributed by atoms with Crippen LogP contribution in [0, 0.1) is 5.92 Å². The molecule has 24 heavy (non-hydrogen) atoms. The van der Waals surface area contributed by atoms with Gasteiger partial charge in [0.2, 0.25) is 5.91 Å². The monoisotopic (exact) mass is 330 g/mol. The lowest BCUT2D eigenvalue weighted by molar-refractivity contribution is -0.135. The number of rotatable bonds is 4. The van der Waals surface area contributed by atoms with Crippen molar-refractivity contribution in [2.24, 2.45) is 5.92 Å². The van der Waals surface area contributed by atoms with Gasteiger partial charge in [0.05, 0.1) is 6.61 Å². The largest absolute Gasteiger partial charge is 0.380 e. The van der Waals surface area contributed by atoms with E-state index in [0.29, 0.717) is 31.2 Å². The highest BCUT2D eigenvalue weighted by molar-refractivity contribution is 5.94. The fourth-order valence-corrected chi connectivity index (χ4v) is 3.67. The van der Waals surface area contributed by atoms with Crippen LogP contribution < -0.4 is 0 Å². The molecular formula is C19H26N2O3. The van der Waals surface area contributed by atoms with Gasteiger partial charge in [-0.25, -0.2) is 0 Å². The van der Waals surface area contributed by atoms with E-state index in [0.717, 1.165) is 44.3 Å². The van der Waals surface area contributed by atoms with Gasteiger partial charge in [-0.2, -0.15) is 0 Å². The van der Waals surface area contributed by atoms with Gasteiger partial charge in [-0.15, -0.1) is 0 Å². The normalized spacial score (nSPS) is 18.9. The molecule has 0 spiro atoms. The van der Waals surface area contributed by atoms with Crippen LogP contribution in [0.25, 0.3) is 0 Å². The van der Waals surface area contributed by atoms with Gasteiger partial charge in [0, 0.05) is 44.8 Å². The molecule has 2 saturated heterocycles. The molecule has 1 aromatic carbocycles. The lowest BCUT2D eigenvalue weighted by atomic mass is 9.94. The molecule has 2 fully saturated rings. The molecule has 5 nitrogen and oxygen atoms in total. The first-order chi connectivity index (χ1) is 11.7. The van der Waals surface area contributed by atoms with E-state index in [4.69, 9.17) is 4.74 Å². The van der Waals surface area contributed by atoms with Crippen LogP contribution in [-0.2, 0) is 16.1 Å². The van der Waals surface area contributed by atoms with E-state index in [9.17, 15) is 9.59 Å². The average molecular weight is 330 g/mol. The summed E-state index contributed by atoms with van der Waals surface area (Å²) in [6, 6.07) is 7.60. The highest BCUT2D eigenvalue weighted by Crippen LogP contribution is 2.23. The standard InChI is InChI=1S/C19H26N2O3/c1-24-14-15-5-4-6-17(13-15)19(23)21-11-7-16(8-12-21)18(22)20-9-2-3-10-20/h4-6,13,16H,2-3,7-12,14H2,1H3. The average Bonchev–Trinajstić information content (AvgIpc) is 3.16. The molecule has 0 aromatic heterocycles. The number of carbonyl (C=O) groups excluding carboxylic acids is 2. The number of likely N-dealkylation sites (tertiary alicyclic amines) is 2. The Hall–Kier alpha value is -1.88. The highest BCUT2D eigenvalue weighted by Gasteiger charge is 2.31. The second-order valence-corrected chi connectivity index (χ2v) is 6.73. The summed E-state index contributed by atoms with van der Waals surface area (Å²) < 4.78 is 5.13. The van der Waals surface area contributed by atoms with Crippen LogP contribution >= 0.6 is 0 Å².